The van der Waals surface area contributed by atoms with Crippen LogP contribution in [0.1, 0.15) is 11.1 Å². The maximum absolute atomic E-state index is 11.3. The van der Waals surface area contributed by atoms with Gasteiger partial charge in [-0.2, -0.15) is 0 Å². The highest BCUT2D eigenvalue weighted by Gasteiger charge is 2.18. The van der Waals surface area contributed by atoms with Gasteiger partial charge in [0.1, 0.15) is 0 Å². The van der Waals surface area contributed by atoms with E-state index in [9.17, 15) is 4.79 Å². The van der Waals surface area contributed by atoms with E-state index >= 15 is 0 Å². The van der Waals surface area contributed by atoms with Crippen LogP contribution in [0.15, 0.2) is 18.2 Å². The summed E-state index contributed by atoms with van der Waals surface area (Å²) < 4.78 is 0. The Morgan fingerprint density at radius 2 is 2.18 bits per heavy atom. The van der Waals surface area contributed by atoms with Crippen LogP contribution < -0.4 is 10.6 Å². The lowest BCUT2D eigenvalue weighted by atomic mass is 10.1. The average Bonchev–Trinajstić information content (AvgIpc) is 2.70. The Kier molecular flexibility index (Phi) is 3.52. The third-order valence-electron chi connectivity index (χ3n) is 3.16. The number of hydrogen-bond acceptors (Lipinski definition) is 2. The fraction of sp³-hybridized carbons (Fsp3) is 0.462. The van der Waals surface area contributed by atoms with Gasteiger partial charge in [-0.15, -0.1) is 0 Å². The first-order valence-corrected chi connectivity index (χ1v) is 6.01. The van der Waals surface area contributed by atoms with E-state index in [1.165, 1.54) is 11.1 Å². The monoisotopic (exact) mass is 233 g/mol. The van der Waals surface area contributed by atoms with Crippen molar-refractivity contribution in [2.75, 3.05) is 31.5 Å². The first-order valence-electron chi connectivity index (χ1n) is 6.01. The van der Waals surface area contributed by atoms with E-state index < -0.39 is 0 Å². The summed E-state index contributed by atoms with van der Waals surface area (Å²) in [7, 11) is 0. The second-order valence-electron chi connectivity index (χ2n) is 4.44. The maximum atomic E-state index is 11.3. The largest absolute Gasteiger partial charge is 0.383 e. The normalized spacial score (nSPS) is 14.9. The number of nitrogens with zero attached hydrogens (tertiary/aromatic N) is 1. The van der Waals surface area contributed by atoms with Crippen molar-refractivity contribution in [3.8, 4) is 0 Å². The Labute approximate surface area is 102 Å². The van der Waals surface area contributed by atoms with Gasteiger partial charge in [0, 0.05) is 31.9 Å². The fourth-order valence-electron chi connectivity index (χ4n) is 1.91. The number of rotatable bonds is 4. The van der Waals surface area contributed by atoms with Crippen LogP contribution in [0.4, 0.5) is 10.5 Å². The zero-order valence-electron chi connectivity index (χ0n) is 10.4. The molecule has 0 aromatic heterocycles. The van der Waals surface area contributed by atoms with Gasteiger partial charge in [0.25, 0.3) is 0 Å². The molecule has 0 bridgehead atoms. The van der Waals surface area contributed by atoms with E-state index in [1.54, 1.807) is 0 Å². The summed E-state index contributed by atoms with van der Waals surface area (Å²) in [5.74, 6) is 0. The first-order chi connectivity index (χ1) is 8.16. The van der Waals surface area contributed by atoms with Crippen molar-refractivity contribution in [2.45, 2.75) is 13.8 Å². The van der Waals surface area contributed by atoms with Gasteiger partial charge in [0.05, 0.1) is 0 Å². The molecular formula is C13H19N3O. The predicted octanol–water partition coefficient (Wildman–Crippen LogP) is 1.74. The van der Waals surface area contributed by atoms with Crippen molar-refractivity contribution in [1.82, 2.24) is 10.2 Å². The quantitative estimate of drug-likeness (QED) is 0.832. The Hall–Kier alpha value is -1.71. The van der Waals surface area contributed by atoms with Crippen molar-refractivity contribution in [2.24, 2.45) is 0 Å². The highest BCUT2D eigenvalue weighted by atomic mass is 16.2. The third-order valence-corrected chi connectivity index (χ3v) is 3.16. The zero-order valence-corrected chi connectivity index (χ0v) is 10.4. The Bertz CT molecular complexity index is 417. The molecule has 2 rings (SSSR count). The van der Waals surface area contributed by atoms with Crippen LogP contribution in [-0.2, 0) is 0 Å². The van der Waals surface area contributed by atoms with Gasteiger partial charge < -0.3 is 15.5 Å². The van der Waals surface area contributed by atoms with Gasteiger partial charge in [-0.3, -0.25) is 0 Å². The molecule has 1 saturated heterocycles. The summed E-state index contributed by atoms with van der Waals surface area (Å²) in [6.45, 7) is 7.33. The standard InChI is InChI=1S/C13H19N3O/c1-10-3-4-12(9-11(10)2)14-5-7-16-8-6-15-13(16)17/h3-4,9,14H,5-8H2,1-2H3,(H,15,17). The van der Waals surface area contributed by atoms with Crippen molar-refractivity contribution >= 4 is 11.7 Å². The Balaban J connectivity index is 1.81. The van der Waals surface area contributed by atoms with Crippen LogP contribution in [0.3, 0.4) is 0 Å². The molecule has 1 aliphatic heterocycles. The van der Waals surface area contributed by atoms with Crippen molar-refractivity contribution < 1.29 is 4.79 Å². The molecule has 0 unspecified atom stereocenters. The minimum absolute atomic E-state index is 0.0480. The lowest BCUT2D eigenvalue weighted by molar-refractivity contribution is 0.219. The summed E-state index contributed by atoms with van der Waals surface area (Å²) in [6, 6.07) is 6.37. The molecule has 1 aromatic carbocycles. The van der Waals surface area contributed by atoms with Gasteiger partial charge in [0.15, 0.2) is 0 Å². The van der Waals surface area contributed by atoms with Crippen molar-refractivity contribution in [1.29, 1.82) is 0 Å². The van der Waals surface area contributed by atoms with Crippen LogP contribution >= 0.6 is 0 Å². The van der Waals surface area contributed by atoms with Crippen LogP contribution in [0.5, 0.6) is 0 Å². The molecular weight excluding hydrogens is 214 g/mol. The molecule has 1 fully saturated rings. The van der Waals surface area contributed by atoms with E-state index in [-0.39, 0.29) is 6.03 Å². The molecule has 1 aliphatic rings. The second-order valence-corrected chi connectivity index (χ2v) is 4.44. The SMILES string of the molecule is Cc1ccc(NCCN2CCNC2=O)cc1C. The van der Waals surface area contributed by atoms with Crippen LogP contribution in [0.2, 0.25) is 0 Å². The van der Waals surface area contributed by atoms with E-state index in [0.717, 1.165) is 31.9 Å². The number of carbonyl (C=O) groups excluding carboxylic acids is 1. The van der Waals surface area contributed by atoms with Crippen LogP contribution in [0.25, 0.3) is 0 Å². The molecule has 0 saturated carbocycles. The average molecular weight is 233 g/mol. The van der Waals surface area contributed by atoms with Crippen LogP contribution in [-0.4, -0.2) is 37.1 Å². The summed E-state index contributed by atoms with van der Waals surface area (Å²) in [4.78, 5) is 13.1. The number of hydrogen-bond donors (Lipinski definition) is 2. The van der Waals surface area contributed by atoms with E-state index in [0.29, 0.717) is 0 Å². The Morgan fingerprint density at radius 1 is 1.35 bits per heavy atom. The Morgan fingerprint density at radius 3 is 2.82 bits per heavy atom. The van der Waals surface area contributed by atoms with Crippen molar-refractivity contribution in [3.63, 3.8) is 0 Å². The van der Waals surface area contributed by atoms with Crippen LogP contribution in [0, 0.1) is 13.8 Å². The number of anilines is 1. The molecule has 1 heterocycles. The molecule has 0 radical (unpaired) electrons. The molecule has 0 atom stereocenters. The van der Waals surface area contributed by atoms with E-state index in [4.69, 9.17) is 0 Å². The maximum Gasteiger partial charge on any atom is 0.317 e. The highest BCUT2D eigenvalue weighted by molar-refractivity contribution is 5.76. The molecule has 0 spiro atoms. The summed E-state index contributed by atoms with van der Waals surface area (Å²) in [5, 5.41) is 6.13. The molecule has 92 valence electrons. The minimum atomic E-state index is 0.0480. The lowest BCUT2D eigenvalue weighted by Gasteiger charge is -2.15. The first kappa shape index (κ1) is 11.8. The fourth-order valence-corrected chi connectivity index (χ4v) is 1.91. The molecule has 2 amide bonds. The van der Waals surface area contributed by atoms with Gasteiger partial charge >= 0.3 is 6.03 Å². The number of benzene rings is 1. The molecule has 17 heavy (non-hydrogen) atoms. The van der Waals surface area contributed by atoms with E-state index in [2.05, 4.69) is 42.7 Å². The number of aryl methyl sites for hydroxylation is 2. The van der Waals surface area contributed by atoms with Gasteiger partial charge in [-0.05, 0) is 37.1 Å². The summed E-state index contributed by atoms with van der Waals surface area (Å²) in [6.07, 6.45) is 0. The van der Waals surface area contributed by atoms with Crippen molar-refractivity contribution in [3.05, 3.63) is 29.3 Å². The molecule has 4 nitrogen and oxygen atoms in total. The minimum Gasteiger partial charge on any atom is -0.383 e. The molecule has 0 aliphatic carbocycles. The summed E-state index contributed by atoms with van der Waals surface area (Å²) in [5.41, 5.74) is 3.70. The highest BCUT2D eigenvalue weighted by Crippen LogP contribution is 2.13. The number of nitrogens with one attached hydrogen (secondary N) is 2. The van der Waals surface area contributed by atoms with Gasteiger partial charge in [-0.25, -0.2) is 4.79 Å². The number of carbonyl (C=O) groups is 1. The van der Waals surface area contributed by atoms with Gasteiger partial charge in [-0.1, -0.05) is 6.07 Å². The molecule has 4 heteroatoms. The topological polar surface area (TPSA) is 44.4 Å². The number of urea groups is 1. The van der Waals surface area contributed by atoms with Gasteiger partial charge in [0.2, 0.25) is 0 Å². The third kappa shape index (κ3) is 2.90. The zero-order chi connectivity index (χ0) is 12.3. The lowest BCUT2D eigenvalue weighted by Crippen LogP contribution is -2.32. The summed E-state index contributed by atoms with van der Waals surface area (Å²) >= 11 is 0. The molecule has 1 aromatic rings. The predicted molar refractivity (Wildman–Crippen MR) is 69.4 cm³/mol. The second kappa shape index (κ2) is 5.08. The smallest absolute Gasteiger partial charge is 0.317 e. The number of amides is 2. The molecule has 2 N–H and O–H groups in total. The van der Waals surface area contributed by atoms with E-state index in [1.807, 2.05) is 4.90 Å².